The van der Waals surface area contributed by atoms with Gasteiger partial charge in [-0.15, -0.1) is 23.1 Å². The van der Waals surface area contributed by atoms with Gasteiger partial charge in [0, 0.05) is 61.4 Å². The first kappa shape index (κ1) is 40.4. The van der Waals surface area contributed by atoms with Crippen molar-refractivity contribution in [2.24, 2.45) is 11.8 Å². The van der Waals surface area contributed by atoms with Gasteiger partial charge in [0.15, 0.2) is 17.2 Å². The average molecular weight is 877 g/mol. The molecular formula is C46H51FIrNO3-. The third-order valence-electron chi connectivity index (χ3n) is 10.1. The van der Waals surface area contributed by atoms with E-state index < -0.39 is 0 Å². The molecule has 0 amide bonds. The van der Waals surface area contributed by atoms with E-state index in [2.05, 4.69) is 59.0 Å². The van der Waals surface area contributed by atoms with Crippen LogP contribution in [0.25, 0.3) is 55.1 Å². The van der Waals surface area contributed by atoms with Crippen molar-refractivity contribution in [3.8, 4) is 22.4 Å². The number of pyridine rings is 1. The summed E-state index contributed by atoms with van der Waals surface area (Å²) in [5.74, 6) is 0.186. The molecule has 275 valence electrons. The van der Waals surface area contributed by atoms with Crippen LogP contribution >= 0.6 is 0 Å². The minimum absolute atomic E-state index is 0. The molecule has 52 heavy (non-hydrogen) atoms. The second-order valence-electron chi connectivity index (χ2n) is 14.4. The Morgan fingerprint density at radius 2 is 1.38 bits per heavy atom. The van der Waals surface area contributed by atoms with Crippen molar-refractivity contribution >= 4 is 38.5 Å². The van der Waals surface area contributed by atoms with E-state index in [9.17, 15) is 9.90 Å². The molecule has 4 nitrogen and oxygen atoms in total. The van der Waals surface area contributed by atoms with Crippen LogP contribution in [0.1, 0.15) is 85.3 Å². The summed E-state index contributed by atoms with van der Waals surface area (Å²) in [6.07, 6.45) is 6.81. The zero-order valence-corrected chi connectivity index (χ0v) is 33.9. The van der Waals surface area contributed by atoms with Crippen LogP contribution < -0.4 is 4.57 Å². The first-order chi connectivity index (χ1) is 24.4. The van der Waals surface area contributed by atoms with E-state index in [4.69, 9.17) is 4.42 Å². The molecule has 2 heterocycles. The molecule has 1 N–H and O–H groups in total. The van der Waals surface area contributed by atoms with Crippen LogP contribution in [0.5, 0.6) is 0 Å². The van der Waals surface area contributed by atoms with Gasteiger partial charge in [-0.05, 0) is 48.8 Å². The molecule has 6 aromatic rings. The number of rotatable bonds is 9. The van der Waals surface area contributed by atoms with Gasteiger partial charge < -0.3 is 14.1 Å². The quantitative estimate of drug-likeness (QED) is 0.0681. The van der Waals surface area contributed by atoms with Crippen molar-refractivity contribution in [1.29, 1.82) is 0 Å². The Bertz CT molecular complexity index is 2200. The van der Waals surface area contributed by atoms with Crippen LogP contribution in [0.2, 0.25) is 0 Å². The third kappa shape index (κ3) is 7.99. The van der Waals surface area contributed by atoms with Crippen molar-refractivity contribution in [3.05, 3.63) is 128 Å². The summed E-state index contributed by atoms with van der Waals surface area (Å²) < 4.78 is 23.9. The van der Waals surface area contributed by atoms with Gasteiger partial charge in [0.05, 0.1) is 12.0 Å². The zero-order chi connectivity index (χ0) is 37.0. The van der Waals surface area contributed by atoms with Crippen molar-refractivity contribution in [1.82, 2.24) is 0 Å². The van der Waals surface area contributed by atoms with E-state index in [-0.39, 0.29) is 60.3 Å². The number of halogens is 1. The molecule has 4 aromatic carbocycles. The second kappa shape index (κ2) is 17.0. The van der Waals surface area contributed by atoms with Gasteiger partial charge in [0.25, 0.3) is 0 Å². The predicted molar refractivity (Wildman–Crippen MR) is 210 cm³/mol. The molecule has 0 saturated heterocycles. The molecule has 0 aliphatic carbocycles. The van der Waals surface area contributed by atoms with E-state index in [1.165, 1.54) is 17.0 Å². The fraction of sp³-hybridized carbons (Fsp3) is 0.304. The van der Waals surface area contributed by atoms with Crippen LogP contribution in [0.15, 0.2) is 101 Å². The maximum Gasteiger partial charge on any atom is 0.174 e. The fourth-order valence-electron chi connectivity index (χ4n) is 7.02. The first-order valence-corrected chi connectivity index (χ1v) is 18.1. The fourth-order valence-corrected chi connectivity index (χ4v) is 7.02. The molecule has 6 heteroatoms. The van der Waals surface area contributed by atoms with Crippen LogP contribution in [0.3, 0.4) is 0 Å². The van der Waals surface area contributed by atoms with E-state index in [0.29, 0.717) is 11.1 Å². The summed E-state index contributed by atoms with van der Waals surface area (Å²) in [6, 6.07) is 25.8. The molecule has 0 saturated carbocycles. The zero-order valence-electron chi connectivity index (χ0n) is 31.5. The molecule has 0 atom stereocenters. The summed E-state index contributed by atoms with van der Waals surface area (Å²) in [5.41, 5.74) is 5.92. The first-order valence-electron chi connectivity index (χ1n) is 18.1. The number of ketones is 1. The minimum atomic E-state index is -0.361. The molecular weight excluding hydrogens is 826 g/mol. The number of nitrogens with zero attached hydrogens (tertiary/aromatic N) is 1. The Labute approximate surface area is 322 Å². The van der Waals surface area contributed by atoms with Gasteiger partial charge in [-0.1, -0.05) is 114 Å². The molecule has 0 spiro atoms. The number of carbonyl (C=O) groups is 1. The number of aliphatic hydroxyl groups excluding tert-OH is 1. The normalized spacial score (nSPS) is 12.0. The Hall–Kier alpha value is -4.38. The summed E-state index contributed by atoms with van der Waals surface area (Å²) >= 11 is 0. The third-order valence-corrected chi connectivity index (χ3v) is 10.1. The number of aliphatic hydroxyl groups is 1. The standard InChI is InChI=1S/C33H27FNO.C13H24O2.Ir/c1-20-22-13-9-10-14-24(22)28(33(2,3)4)19-27(20)30-32-26(17-18-35(30)5)25-16-15-23(29(34)31(25)36-32)21-11-7-6-8-12-21;1-5-10(6-2)12(14)9-13(15)11(7-3)8-4;/h6-19H,1,5H2,2-4H3;9-11,14H,5-8H2,1-4H3;/q-1;;/b;12-9-;. The summed E-state index contributed by atoms with van der Waals surface area (Å²) in [4.78, 5) is 11.7. The van der Waals surface area contributed by atoms with Crippen LogP contribution in [0.4, 0.5) is 4.39 Å². The summed E-state index contributed by atoms with van der Waals surface area (Å²) in [6.45, 7) is 19.2. The molecule has 1 radical (unpaired) electrons. The van der Waals surface area contributed by atoms with E-state index in [0.717, 1.165) is 64.2 Å². The summed E-state index contributed by atoms with van der Waals surface area (Å²) in [7, 11) is 4.25. The van der Waals surface area contributed by atoms with Gasteiger partial charge in [-0.25, -0.2) is 4.39 Å². The predicted octanol–water partition coefficient (Wildman–Crippen LogP) is 12.5. The number of benzene rings is 4. The van der Waals surface area contributed by atoms with Crippen LogP contribution in [0, 0.1) is 31.6 Å². The van der Waals surface area contributed by atoms with Gasteiger partial charge >= 0.3 is 0 Å². The van der Waals surface area contributed by atoms with Crippen molar-refractivity contribution in [2.45, 2.75) is 79.6 Å². The largest absolute Gasteiger partial charge is 0.512 e. The number of hydrogen-bond donors (Lipinski definition) is 1. The van der Waals surface area contributed by atoms with Crippen molar-refractivity contribution in [2.75, 3.05) is 0 Å². The Morgan fingerprint density at radius 3 is 1.98 bits per heavy atom. The van der Waals surface area contributed by atoms with Crippen LogP contribution in [-0.2, 0) is 30.3 Å². The SMILES string of the molecule is CCC(CC)C(=O)/C=C(\O)C(CC)CC.[CH2-]c1c(-c2c3oc4c(F)c(-c5ccccc5)ccc4c3cc[n+]2[CH2-])cc(C(C)(C)C)c2ccccc12.[Ir]. The molecule has 2 aromatic heterocycles. The van der Waals surface area contributed by atoms with Crippen LogP contribution in [-0.4, -0.2) is 10.9 Å². The average Bonchev–Trinajstić information content (AvgIpc) is 3.50. The van der Waals surface area contributed by atoms with Gasteiger partial charge in [0.2, 0.25) is 0 Å². The smallest absolute Gasteiger partial charge is 0.174 e. The second-order valence-corrected chi connectivity index (χ2v) is 14.4. The number of furan rings is 1. The molecule has 0 aliphatic rings. The van der Waals surface area contributed by atoms with Crippen molar-refractivity contribution < 1.29 is 43.4 Å². The maximum absolute atomic E-state index is 15.8. The minimum Gasteiger partial charge on any atom is -0.512 e. The molecule has 0 fully saturated rings. The van der Waals surface area contributed by atoms with E-state index in [1.807, 2.05) is 88.5 Å². The molecule has 0 unspecified atom stereocenters. The number of aromatic nitrogens is 1. The Kier molecular flexibility index (Phi) is 13.2. The topological polar surface area (TPSA) is 54.3 Å². The molecule has 6 rings (SSSR count). The van der Waals surface area contributed by atoms with Gasteiger partial charge in [-0.3, -0.25) is 4.79 Å². The molecule has 0 bridgehead atoms. The Balaban J connectivity index is 0.000000323. The maximum atomic E-state index is 15.8. The van der Waals surface area contributed by atoms with E-state index >= 15 is 4.39 Å². The van der Waals surface area contributed by atoms with E-state index in [1.54, 1.807) is 4.57 Å². The monoisotopic (exact) mass is 877 g/mol. The summed E-state index contributed by atoms with van der Waals surface area (Å²) in [5, 5.41) is 13.6. The van der Waals surface area contributed by atoms with Gasteiger partial charge in [0.1, 0.15) is 11.3 Å². The number of hydrogen-bond acceptors (Lipinski definition) is 3. The Morgan fingerprint density at radius 1 is 0.808 bits per heavy atom. The van der Waals surface area contributed by atoms with Gasteiger partial charge in [-0.2, -0.15) is 12.5 Å². The van der Waals surface area contributed by atoms with Crippen molar-refractivity contribution in [3.63, 3.8) is 0 Å². The number of carbonyl (C=O) groups excluding carboxylic acids is 1. The number of fused-ring (bicyclic) bond motifs is 4. The number of allylic oxidation sites excluding steroid dienone is 2. The molecule has 0 aliphatic heterocycles.